The average Bonchev–Trinajstić information content (AvgIpc) is 3.17. The number of benzene rings is 1. The minimum Gasteiger partial charge on any atom is -0.497 e. The summed E-state index contributed by atoms with van der Waals surface area (Å²) < 4.78 is 20.2. The largest absolute Gasteiger partial charge is 0.498 e. The van der Waals surface area contributed by atoms with Crippen molar-refractivity contribution >= 4 is 23.5 Å². The molecule has 1 aliphatic carbocycles. The third-order valence-corrected chi connectivity index (χ3v) is 6.83. The number of hydrogen-bond donors (Lipinski definition) is 1. The molecule has 2 aromatic rings. The van der Waals surface area contributed by atoms with E-state index in [1.165, 1.54) is 0 Å². The smallest absolute Gasteiger partial charge is 0.497 e. The minimum absolute atomic E-state index is 0.294. The van der Waals surface area contributed by atoms with Gasteiger partial charge in [0.1, 0.15) is 5.75 Å². The zero-order chi connectivity index (χ0) is 20.1. The predicted octanol–water partition coefficient (Wildman–Crippen LogP) is 3.07. The first-order chi connectivity index (χ1) is 13.2. The summed E-state index contributed by atoms with van der Waals surface area (Å²) in [6, 6.07) is 4.45. The monoisotopic (exact) mass is 386 g/mol. The number of aromatic nitrogens is 2. The van der Waals surface area contributed by atoms with Crippen LogP contribution in [0.3, 0.4) is 0 Å². The first-order valence-electron chi connectivity index (χ1n) is 10.3. The number of fused-ring (bicyclic) bond motifs is 1. The molecule has 1 aromatic heterocycles. The molecular weight excluding hydrogens is 355 g/mol. The van der Waals surface area contributed by atoms with Crippen molar-refractivity contribution in [2.45, 2.75) is 70.6 Å². The second kappa shape index (κ2) is 7.04. The van der Waals surface area contributed by atoms with Gasteiger partial charge >= 0.3 is 7.12 Å². The molecule has 6 nitrogen and oxygen atoms in total. The van der Waals surface area contributed by atoms with Gasteiger partial charge in [0.05, 0.1) is 29.9 Å². The van der Waals surface area contributed by atoms with Crippen LogP contribution in [0.15, 0.2) is 18.3 Å². The van der Waals surface area contributed by atoms with E-state index < -0.39 is 18.3 Å². The zero-order valence-electron chi connectivity index (χ0n) is 17.6. The van der Waals surface area contributed by atoms with Crippen LogP contribution in [0.25, 0.3) is 10.9 Å². The minimum atomic E-state index is -0.465. The molecule has 7 heteroatoms. The number of hydrogen-bond acceptors (Lipinski definition) is 5. The molecule has 2 heterocycles. The second-order valence-electron chi connectivity index (χ2n) is 9.21. The van der Waals surface area contributed by atoms with Crippen LogP contribution in [-0.4, -0.2) is 46.9 Å². The highest BCUT2D eigenvalue weighted by Gasteiger charge is 2.52. The Kier molecular flexibility index (Phi) is 4.96. The van der Waals surface area contributed by atoms with Crippen molar-refractivity contribution in [1.82, 2.24) is 9.78 Å². The number of aliphatic hydroxyl groups excluding tert-OH is 1. The summed E-state index contributed by atoms with van der Waals surface area (Å²) in [4.78, 5) is 0. The molecule has 1 N–H and O–H groups in total. The van der Waals surface area contributed by atoms with E-state index >= 15 is 0 Å². The molecule has 1 aromatic carbocycles. The van der Waals surface area contributed by atoms with E-state index in [0.717, 1.165) is 47.8 Å². The van der Waals surface area contributed by atoms with Crippen LogP contribution in [0.1, 0.15) is 59.4 Å². The number of rotatable bonds is 4. The van der Waals surface area contributed by atoms with E-state index in [0.29, 0.717) is 18.6 Å². The SMILES string of the molecule is COc1cc2nn(C3CCC(CO)CC3)cc2cc1B1OC(C)(C)C(C)(C)O1. The van der Waals surface area contributed by atoms with Gasteiger partial charge in [-0.1, -0.05) is 0 Å². The van der Waals surface area contributed by atoms with Crippen molar-refractivity contribution in [3.8, 4) is 5.75 Å². The molecule has 0 unspecified atom stereocenters. The maximum atomic E-state index is 9.37. The number of methoxy groups -OCH3 is 1. The predicted molar refractivity (Wildman–Crippen MR) is 110 cm³/mol. The van der Waals surface area contributed by atoms with Gasteiger partial charge in [-0.25, -0.2) is 0 Å². The van der Waals surface area contributed by atoms with Gasteiger partial charge in [-0.2, -0.15) is 5.10 Å². The summed E-state index contributed by atoms with van der Waals surface area (Å²) in [6.45, 7) is 8.51. The maximum Gasteiger partial charge on any atom is 0.498 e. The number of nitrogens with zero attached hydrogens (tertiary/aromatic N) is 2. The Morgan fingerprint density at radius 2 is 1.79 bits per heavy atom. The molecular formula is C21H31BN2O4. The Morgan fingerprint density at radius 1 is 1.14 bits per heavy atom. The normalized spacial score (nSPS) is 26.7. The summed E-state index contributed by atoms with van der Waals surface area (Å²) in [6.07, 6.45) is 6.34. The highest BCUT2D eigenvalue weighted by atomic mass is 16.7. The Balaban J connectivity index is 1.64. The molecule has 1 aliphatic heterocycles. The third kappa shape index (κ3) is 3.33. The maximum absolute atomic E-state index is 9.37. The van der Waals surface area contributed by atoms with Gasteiger partial charge in [0.15, 0.2) is 0 Å². The van der Waals surface area contributed by atoms with E-state index in [9.17, 15) is 5.11 Å². The molecule has 2 aliphatic rings. The van der Waals surface area contributed by atoms with E-state index in [1.54, 1.807) is 7.11 Å². The van der Waals surface area contributed by atoms with Crippen LogP contribution in [0, 0.1) is 5.92 Å². The zero-order valence-corrected chi connectivity index (χ0v) is 17.6. The number of aliphatic hydroxyl groups is 1. The molecule has 0 spiro atoms. The molecule has 2 fully saturated rings. The molecule has 1 saturated heterocycles. The van der Waals surface area contributed by atoms with Crippen molar-refractivity contribution in [2.75, 3.05) is 13.7 Å². The van der Waals surface area contributed by atoms with Crippen LogP contribution in [0.2, 0.25) is 0 Å². The molecule has 152 valence electrons. The first-order valence-corrected chi connectivity index (χ1v) is 10.3. The van der Waals surface area contributed by atoms with E-state index in [-0.39, 0.29) is 0 Å². The second-order valence-corrected chi connectivity index (χ2v) is 9.21. The van der Waals surface area contributed by atoms with Gasteiger partial charge in [0.2, 0.25) is 0 Å². The summed E-state index contributed by atoms with van der Waals surface area (Å²) in [5, 5.41) is 15.2. The Labute approximate surface area is 167 Å². The van der Waals surface area contributed by atoms with Gasteiger partial charge in [-0.05, 0) is 65.4 Å². The molecule has 4 rings (SSSR count). The lowest BCUT2D eigenvalue weighted by molar-refractivity contribution is 0.00578. The van der Waals surface area contributed by atoms with Crippen molar-refractivity contribution in [3.63, 3.8) is 0 Å². The Bertz CT molecular complexity index is 839. The highest BCUT2D eigenvalue weighted by Crippen LogP contribution is 2.38. The summed E-state index contributed by atoms with van der Waals surface area (Å²) in [7, 11) is 1.20. The summed E-state index contributed by atoms with van der Waals surface area (Å²) in [5.41, 5.74) is 1.03. The molecule has 28 heavy (non-hydrogen) atoms. The van der Waals surface area contributed by atoms with Gasteiger partial charge in [-0.15, -0.1) is 0 Å². The summed E-state index contributed by atoms with van der Waals surface area (Å²) >= 11 is 0. The van der Waals surface area contributed by atoms with E-state index in [2.05, 4.69) is 44.6 Å². The van der Waals surface area contributed by atoms with Crippen LogP contribution in [0.5, 0.6) is 5.75 Å². The molecule has 0 bridgehead atoms. The molecule has 0 atom stereocenters. The lowest BCUT2D eigenvalue weighted by Gasteiger charge is -2.32. The summed E-state index contributed by atoms with van der Waals surface area (Å²) in [5.74, 6) is 1.18. The topological polar surface area (TPSA) is 65.7 Å². The Morgan fingerprint density at radius 3 is 2.36 bits per heavy atom. The van der Waals surface area contributed by atoms with E-state index in [1.807, 2.05) is 6.07 Å². The van der Waals surface area contributed by atoms with Gasteiger partial charge in [0, 0.05) is 29.7 Å². The first kappa shape index (κ1) is 19.7. The number of ether oxygens (including phenoxy) is 1. The van der Waals surface area contributed by atoms with Crippen LogP contribution >= 0.6 is 0 Å². The fourth-order valence-corrected chi connectivity index (χ4v) is 4.20. The fourth-order valence-electron chi connectivity index (χ4n) is 4.20. The van der Waals surface area contributed by atoms with Crippen molar-refractivity contribution in [3.05, 3.63) is 18.3 Å². The van der Waals surface area contributed by atoms with Crippen molar-refractivity contribution in [2.24, 2.45) is 5.92 Å². The van der Waals surface area contributed by atoms with Crippen LogP contribution in [-0.2, 0) is 9.31 Å². The standard InChI is InChI=1S/C21H31BN2O4/c1-20(2)21(3,4)28-22(27-20)17-10-15-12-24(23-18(15)11-19(17)26-5)16-8-6-14(13-25)7-9-16/h10-12,14,16,25H,6-9,13H2,1-5H3. The van der Waals surface area contributed by atoms with Gasteiger partial charge in [0.25, 0.3) is 0 Å². The van der Waals surface area contributed by atoms with Gasteiger partial charge < -0.3 is 19.2 Å². The quantitative estimate of drug-likeness (QED) is 0.819. The molecule has 0 radical (unpaired) electrons. The fraction of sp³-hybridized carbons (Fsp3) is 0.667. The lowest BCUT2D eigenvalue weighted by atomic mass is 9.78. The highest BCUT2D eigenvalue weighted by molar-refractivity contribution is 6.63. The van der Waals surface area contributed by atoms with Crippen molar-refractivity contribution in [1.29, 1.82) is 0 Å². The third-order valence-electron chi connectivity index (χ3n) is 6.83. The van der Waals surface area contributed by atoms with Gasteiger partial charge in [-0.3, -0.25) is 4.68 Å². The lowest BCUT2D eigenvalue weighted by Crippen LogP contribution is -2.41. The Hall–Kier alpha value is -1.57. The van der Waals surface area contributed by atoms with Crippen molar-refractivity contribution < 1.29 is 19.2 Å². The average molecular weight is 386 g/mol. The van der Waals surface area contributed by atoms with Crippen LogP contribution < -0.4 is 10.2 Å². The molecule has 0 amide bonds. The molecule has 1 saturated carbocycles. The van der Waals surface area contributed by atoms with E-state index in [4.69, 9.17) is 19.1 Å². The van der Waals surface area contributed by atoms with Crippen LogP contribution in [0.4, 0.5) is 0 Å².